The fraction of sp³-hybridized carbons (Fsp3) is 0.333. The van der Waals surface area contributed by atoms with Crippen LogP contribution in [0.4, 0.5) is 0 Å². The van der Waals surface area contributed by atoms with Gasteiger partial charge in [0.1, 0.15) is 0 Å². The summed E-state index contributed by atoms with van der Waals surface area (Å²) in [4.78, 5) is 0. The van der Waals surface area contributed by atoms with Crippen LogP contribution in [0, 0.1) is 0 Å². The SMILES string of the molecule is C=C/C=C(\C=C)NCCNC. The second-order valence-corrected chi connectivity index (χ2v) is 2.09. The van der Waals surface area contributed by atoms with E-state index in [4.69, 9.17) is 0 Å². The van der Waals surface area contributed by atoms with E-state index >= 15 is 0 Å². The highest BCUT2D eigenvalue weighted by atomic mass is 14.9. The summed E-state index contributed by atoms with van der Waals surface area (Å²) in [5, 5.41) is 6.22. The summed E-state index contributed by atoms with van der Waals surface area (Å²) in [6, 6.07) is 0. The Balaban J connectivity index is 3.60. The van der Waals surface area contributed by atoms with E-state index < -0.39 is 0 Å². The van der Waals surface area contributed by atoms with Crippen LogP contribution in [0.2, 0.25) is 0 Å². The molecule has 0 amide bonds. The Kier molecular flexibility index (Phi) is 6.43. The van der Waals surface area contributed by atoms with Crippen LogP contribution < -0.4 is 10.6 Å². The van der Waals surface area contributed by atoms with Gasteiger partial charge in [-0.1, -0.05) is 19.2 Å². The van der Waals surface area contributed by atoms with Gasteiger partial charge in [0.15, 0.2) is 0 Å². The first-order valence-electron chi connectivity index (χ1n) is 3.68. The molecule has 0 fully saturated rings. The van der Waals surface area contributed by atoms with Crippen molar-refractivity contribution in [3.8, 4) is 0 Å². The van der Waals surface area contributed by atoms with Gasteiger partial charge in [-0.2, -0.15) is 0 Å². The Morgan fingerprint density at radius 1 is 1.36 bits per heavy atom. The summed E-state index contributed by atoms with van der Waals surface area (Å²) in [5.74, 6) is 0. The topological polar surface area (TPSA) is 24.1 Å². The van der Waals surface area contributed by atoms with Crippen molar-refractivity contribution in [2.45, 2.75) is 0 Å². The van der Waals surface area contributed by atoms with E-state index in [1.165, 1.54) is 0 Å². The molecule has 0 unspecified atom stereocenters. The van der Waals surface area contributed by atoms with Crippen LogP contribution in [-0.2, 0) is 0 Å². The highest BCUT2D eigenvalue weighted by Gasteiger charge is 1.85. The van der Waals surface area contributed by atoms with E-state index in [-0.39, 0.29) is 0 Å². The van der Waals surface area contributed by atoms with Crippen molar-refractivity contribution in [3.63, 3.8) is 0 Å². The van der Waals surface area contributed by atoms with Gasteiger partial charge < -0.3 is 10.6 Å². The van der Waals surface area contributed by atoms with Crippen LogP contribution in [0.1, 0.15) is 0 Å². The highest BCUT2D eigenvalue weighted by molar-refractivity contribution is 5.18. The molecule has 0 aromatic rings. The summed E-state index contributed by atoms with van der Waals surface area (Å²) >= 11 is 0. The lowest BCUT2D eigenvalue weighted by Gasteiger charge is -2.04. The Bertz CT molecular complexity index is 148. The van der Waals surface area contributed by atoms with Crippen LogP contribution in [-0.4, -0.2) is 20.1 Å². The average molecular weight is 152 g/mol. The van der Waals surface area contributed by atoms with E-state index in [0.717, 1.165) is 18.8 Å². The Morgan fingerprint density at radius 2 is 2.09 bits per heavy atom. The van der Waals surface area contributed by atoms with E-state index in [9.17, 15) is 0 Å². The largest absolute Gasteiger partial charge is 0.384 e. The van der Waals surface area contributed by atoms with E-state index in [1.807, 2.05) is 13.1 Å². The quantitative estimate of drug-likeness (QED) is 0.439. The molecule has 0 aliphatic rings. The number of hydrogen-bond donors (Lipinski definition) is 2. The fourth-order valence-electron chi connectivity index (χ4n) is 0.658. The lowest BCUT2D eigenvalue weighted by atomic mass is 10.3. The van der Waals surface area contributed by atoms with Gasteiger partial charge >= 0.3 is 0 Å². The third-order valence-corrected chi connectivity index (χ3v) is 1.22. The number of rotatable bonds is 6. The molecule has 11 heavy (non-hydrogen) atoms. The molecule has 0 aromatic heterocycles. The Morgan fingerprint density at radius 3 is 2.55 bits per heavy atom. The molecule has 2 N–H and O–H groups in total. The summed E-state index contributed by atoms with van der Waals surface area (Å²) in [6.07, 6.45) is 5.41. The number of likely N-dealkylation sites (N-methyl/N-ethyl adjacent to an activating group) is 1. The summed E-state index contributed by atoms with van der Waals surface area (Å²) in [6.45, 7) is 9.11. The van der Waals surface area contributed by atoms with Crippen molar-refractivity contribution in [1.82, 2.24) is 10.6 Å². The molecular weight excluding hydrogens is 136 g/mol. The molecule has 62 valence electrons. The second-order valence-electron chi connectivity index (χ2n) is 2.09. The van der Waals surface area contributed by atoms with Crippen LogP contribution in [0.3, 0.4) is 0 Å². The zero-order valence-electron chi connectivity index (χ0n) is 7.06. The van der Waals surface area contributed by atoms with Gasteiger partial charge in [-0.15, -0.1) is 0 Å². The number of allylic oxidation sites excluding steroid dienone is 3. The first-order valence-corrected chi connectivity index (χ1v) is 3.68. The minimum atomic E-state index is 0.905. The van der Waals surface area contributed by atoms with Crippen molar-refractivity contribution in [2.75, 3.05) is 20.1 Å². The summed E-state index contributed by atoms with van der Waals surface area (Å²) in [7, 11) is 1.92. The molecule has 0 atom stereocenters. The first-order chi connectivity index (χ1) is 5.35. The highest BCUT2D eigenvalue weighted by Crippen LogP contribution is 1.88. The zero-order chi connectivity index (χ0) is 8.53. The van der Waals surface area contributed by atoms with E-state index in [2.05, 4.69) is 23.8 Å². The van der Waals surface area contributed by atoms with Crippen LogP contribution >= 0.6 is 0 Å². The Labute approximate surface area is 68.7 Å². The number of nitrogens with one attached hydrogen (secondary N) is 2. The maximum absolute atomic E-state index is 3.66. The normalized spacial score (nSPS) is 10.8. The molecule has 0 aromatic carbocycles. The van der Waals surface area contributed by atoms with Crippen molar-refractivity contribution < 1.29 is 0 Å². The molecule has 0 heterocycles. The molecule has 0 radical (unpaired) electrons. The summed E-state index contributed by atoms with van der Waals surface area (Å²) < 4.78 is 0. The molecule has 0 aliphatic carbocycles. The van der Waals surface area contributed by atoms with Crippen LogP contribution in [0.5, 0.6) is 0 Å². The second kappa shape index (κ2) is 7.09. The van der Waals surface area contributed by atoms with Gasteiger partial charge in [-0.25, -0.2) is 0 Å². The molecule has 0 aliphatic heterocycles. The molecule has 2 nitrogen and oxygen atoms in total. The minimum absolute atomic E-state index is 0.905. The zero-order valence-corrected chi connectivity index (χ0v) is 7.06. The molecule has 0 saturated carbocycles. The minimum Gasteiger partial charge on any atom is -0.384 e. The molecule has 0 rings (SSSR count). The molecule has 0 bridgehead atoms. The van der Waals surface area contributed by atoms with Gasteiger partial charge in [0, 0.05) is 18.8 Å². The first kappa shape index (κ1) is 9.98. The van der Waals surface area contributed by atoms with Crippen LogP contribution in [0.25, 0.3) is 0 Å². The van der Waals surface area contributed by atoms with Crippen LogP contribution in [0.15, 0.2) is 37.1 Å². The average Bonchev–Trinajstić information content (AvgIpc) is 2.03. The van der Waals surface area contributed by atoms with Gasteiger partial charge in [0.25, 0.3) is 0 Å². The lowest BCUT2D eigenvalue weighted by molar-refractivity contribution is 0.726. The van der Waals surface area contributed by atoms with Crippen molar-refractivity contribution in [3.05, 3.63) is 37.1 Å². The Hall–Kier alpha value is -1.02. The van der Waals surface area contributed by atoms with Gasteiger partial charge in [0.05, 0.1) is 0 Å². The molecule has 0 spiro atoms. The standard InChI is InChI=1S/C9H16N2/c1-4-6-9(5-2)11-8-7-10-3/h4-6,10-11H,1-2,7-8H2,3H3/b9-6+. The predicted molar refractivity (Wildman–Crippen MR) is 50.4 cm³/mol. The maximum atomic E-state index is 3.66. The van der Waals surface area contributed by atoms with Gasteiger partial charge in [-0.3, -0.25) is 0 Å². The maximum Gasteiger partial charge on any atom is 0.0334 e. The molecular formula is C9H16N2. The van der Waals surface area contributed by atoms with Crippen molar-refractivity contribution in [2.24, 2.45) is 0 Å². The fourth-order valence-corrected chi connectivity index (χ4v) is 0.658. The molecule has 2 heteroatoms. The van der Waals surface area contributed by atoms with Crippen molar-refractivity contribution >= 4 is 0 Å². The number of hydrogen-bond acceptors (Lipinski definition) is 2. The third kappa shape index (κ3) is 5.43. The van der Waals surface area contributed by atoms with Gasteiger partial charge in [0.2, 0.25) is 0 Å². The predicted octanol–water partition coefficient (Wildman–Crippen LogP) is 1.05. The third-order valence-electron chi connectivity index (χ3n) is 1.22. The molecule has 0 saturated heterocycles. The lowest BCUT2D eigenvalue weighted by Crippen LogP contribution is -2.23. The van der Waals surface area contributed by atoms with Crippen molar-refractivity contribution in [1.29, 1.82) is 0 Å². The summed E-state index contributed by atoms with van der Waals surface area (Å²) in [5.41, 5.74) is 1.01. The van der Waals surface area contributed by atoms with E-state index in [1.54, 1.807) is 12.2 Å². The van der Waals surface area contributed by atoms with E-state index in [0.29, 0.717) is 0 Å². The monoisotopic (exact) mass is 152 g/mol. The van der Waals surface area contributed by atoms with Gasteiger partial charge in [-0.05, 0) is 19.2 Å². The smallest absolute Gasteiger partial charge is 0.0334 e.